The van der Waals surface area contributed by atoms with Crippen LogP contribution in [0, 0.1) is 16.7 Å². The third kappa shape index (κ3) is 3.39. The Bertz CT molecular complexity index is 577. The van der Waals surface area contributed by atoms with Gasteiger partial charge in [0, 0.05) is 30.3 Å². The van der Waals surface area contributed by atoms with E-state index >= 15 is 0 Å². The number of hydrogen-bond acceptors (Lipinski definition) is 3. The number of hydrogen-bond donors (Lipinski definition) is 3. The number of nitrogens with one attached hydrogen (secondary N) is 2. The lowest BCUT2D eigenvalue weighted by molar-refractivity contribution is -0.118. The maximum atomic E-state index is 12.4. The van der Waals surface area contributed by atoms with Crippen molar-refractivity contribution in [2.75, 3.05) is 18.5 Å². The number of carbonyl (C=O) groups is 2. The van der Waals surface area contributed by atoms with E-state index in [1.54, 1.807) is 24.3 Å². The van der Waals surface area contributed by atoms with Crippen molar-refractivity contribution in [3.8, 4) is 0 Å². The highest BCUT2D eigenvalue weighted by Crippen LogP contribution is 2.68. The molecule has 0 radical (unpaired) electrons. The SMILES string of the molecule is CC1(C)C(C(=O)Nc2ccc(C(=O)NCCCO)cc2)C1(C)C. The maximum absolute atomic E-state index is 12.4. The molecule has 5 nitrogen and oxygen atoms in total. The molecule has 1 fully saturated rings. The van der Waals surface area contributed by atoms with E-state index in [1.807, 2.05) is 0 Å². The van der Waals surface area contributed by atoms with Crippen molar-refractivity contribution in [1.82, 2.24) is 5.32 Å². The van der Waals surface area contributed by atoms with Gasteiger partial charge in [-0.3, -0.25) is 9.59 Å². The Kier molecular flexibility index (Phi) is 4.80. The largest absolute Gasteiger partial charge is 0.396 e. The smallest absolute Gasteiger partial charge is 0.251 e. The summed E-state index contributed by atoms with van der Waals surface area (Å²) in [6, 6.07) is 6.85. The lowest BCUT2D eigenvalue weighted by atomic mass is 10.0. The van der Waals surface area contributed by atoms with E-state index in [0.717, 1.165) is 0 Å². The number of aliphatic hydroxyl groups excluding tert-OH is 1. The zero-order chi connectivity index (χ0) is 17.3. The minimum absolute atomic E-state index is 0.00328. The summed E-state index contributed by atoms with van der Waals surface area (Å²) in [7, 11) is 0. The molecule has 0 atom stereocenters. The van der Waals surface area contributed by atoms with Gasteiger partial charge < -0.3 is 15.7 Å². The van der Waals surface area contributed by atoms with Crippen molar-refractivity contribution in [1.29, 1.82) is 0 Å². The van der Waals surface area contributed by atoms with Gasteiger partial charge in [-0.1, -0.05) is 27.7 Å². The third-order valence-corrected chi connectivity index (χ3v) is 5.32. The average molecular weight is 318 g/mol. The molecule has 0 unspecified atom stereocenters. The van der Waals surface area contributed by atoms with Gasteiger partial charge in [0.2, 0.25) is 5.91 Å². The number of anilines is 1. The average Bonchev–Trinajstić information content (AvgIpc) is 2.89. The van der Waals surface area contributed by atoms with E-state index in [2.05, 4.69) is 38.3 Å². The molecule has 0 bridgehead atoms. The molecule has 1 aromatic rings. The van der Waals surface area contributed by atoms with Crippen LogP contribution in [0.4, 0.5) is 5.69 Å². The van der Waals surface area contributed by atoms with Crippen molar-refractivity contribution in [2.45, 2.75) is 34.1 Å². The van der Waals surface area contributed by atoms with Gasteiger partial charge in [0.1, 0.15) is 0 Å². The Morgan fingerprint density at radius 2 is 1.65 bits per heavy atom. The molecular weight excluding hydrogens is 292 g/mol. The first-order valence-corrected chi connectivity index (χ1v) is 8.02. The fraction of sp³-hybridized carbons (Fsp3) is 0.556. The fourth-order valence-electron chi connectivity index (χ4n) is 3.15. The first-order chi connectivity index (χ1) is 10.7. The molecule has 0 aliphatic heterocycles. The quantitative estimate of drug-likeness (QED) is 0.705. The lowest BCUT2D eigenvalue weighted by Crippen LogP contribution is -2.25. The van der Waals surface area contributed by atoms with Crippen LogP contribution in [0.5, 0.6) is 0 Å². The Labute approximate surface area is 137 Å². The van der Waals surface area contributed by atoms with Crippen LogP contribution in [0.25, 0.3) is 0 Å². The predicted octanol–water partition coefficient (Wildman–Crippen LogP) is 2.42. The Morgan fingerprint density at radius 1 is 1.09 bits per heavy atom. The summed E-state index contributed by atoms with van der Waals surface area (Å²) in [4.78, 5) is 24.2. The third-order valence-electron chi connectivity index (χ3n) is 5.32. The van der Waals surface area contributed by atoms with Crippen LogP contribution in [0.3, 0.4) is 0 Å². The molecule has 23 heavy (non-hydrogen) atoms. The van der Waals surface area contributed by atoms with Crippen LogP contribution in [0.1, 0.15) is 44.5 Å². The highest BCUT2D eigenvalue weighted by Gasteiger charge is 2.68. The number of rotatable bonds is 6. The van der Waals surface area contributed by atoms with E-state index in [-0.39, 0.29) is 35.2 Å². The van der Waals surface area contributed by atoms with Crippen LogP contribution in [-0.4, -0.2) is 30.1 Å². The van der Waals surface area contributed by atoms with Crippen LogP contribution in [0.15, 0.2) is 24.3 Å². The molecule has 0 heterocycles. The van der Waals surface area contributed by atoms with Crippen LogP contribution < -0.4 is 10.6 Å². The fourth-order valence-corrected chi connectivity index (χ4v) is 3.15. The molecule has 3 N–H and O–H groups in total. The predicted molar refractivity (Wildman–Crippen MR) is 90.2 cm³/mol. The van der Waals surface area contributed by atoms with E-state index in [9.17, 15) is 9.59 Å². The van der Waals surface area contributed by atoms with Crippen molar-refractivity contribution < 1.29 is 14.7 Å². The maximum Gasteiger partial charge on any atom is 0.251 e. The lowest BCUT2D eigenvalue weighted by Gasteiger charge is -2.08. The Balaban J connectivity index is 1.93. The van der Waals surface area contributed by atoms with Gasteiger partial charge in [-0.25, -0.2) is 0 Å². The van der Waals surface area contributed by atoms with E-state index < -0.39 is 0 Å². The molecule has 1 aromatic carbocycles. The van der Waals surface area contributed by atoms with Crippen molar-refractivity contribution in [2.24, 2.45) is 16.7 Å². The van der Waals surface area contributed by atoms with Gasteiger partial charge in [0.05, 0.1) is 0 Å². The summed E-state index contributed by atoms with van der Waals surface area (Å²) in [5.74, 6) is -0.155. The zero-order valence-electron chi connectivity index (χ0n) is 14.3. The number of carbonyl (C=O) groups excluding carboxylic acids is 2. The molecule has 1 aliphatic carbocycles. The second-order valence-corrected chi connectivity index (χ2v) is 7.28. The summed E-state index contributed by atoms with van der Waals surface area (Å²) in [5, 5.41) is 14.4. The van der Waals surface area contributed by atoms with E-state index in [0.29, 0.717) is 24.2 Å². The number of amides is 2. The topological polar surface area (TPSA) is 78.4 Å². The van der Waals surface area contributed by atoms with Gasteiger partial charge in [-0.2, -0.15) is 0 Å². The number of aliphatic hydroxyl groups is 1. The Morgan fingerprint density at radius 3 is 2.13 bits per heavy atom. The van der Waals surface area contributed by atoms with E-state index in [1.165, 1.54) is 0 Å². The van der Waals surface area contributed by atoms with Crippen LogP contribution in [0.2, 0.25) is 0 Å². The van der Waals surface area contributed by atoms with Gasteiger partial charge in [0.15, 0.2) is 0 Å². The standard InChI is InChI=1S/C18H26N2O3/c1-17(2)14(18(17,3)4)16(23)20-13-8-6-12(7-9-13)15(22)19-10-5-11-21/h6-9,14,21H,5,10-11H2,1-4H3,(H,19,22)(H,20,23). The molecule has 1 aliphatic rings. The second-order valence-electron chi connectivity index (χ2n) is 7.28. The molecule has 0 spiro atoms. The first-order valence-electron chi connectivity index (χ1n) is 8.02. The Hall–Kier alpha value is -1.88. The second kappa shape index (κ2) is 6.32. The highest BCUT2D eigenvalue weighted by atomic mass is 16.3. The molecular formula is C18H26N2O3. The van der Waals surface area contributed by atoms with Crippen LogP contribution >= 0.6 is 0 Å². The summed E-state index contributed by atoms with van der Waals surface area (Å²) in [6.45, 7) is 8.93. The van der Waals surface area contributed by atoms with E-state index in [4.69, 9.17) is 5.11 Å². The minimum atomic E-state index is -0.180. The molecule has 0 aromatic heterocycles. The summed E-state index contributed by atoms with van der Waals surface area (Å²) in [5.41, 5.74) is 1.24. The van der Waals surface area contributed by atoms with Gasteiger partial charge >= 0.3 is 0 Å². The van der Waals surface area contributed by atoms with Crippen LogP contribution in [-0.2, 0) is 4.79 Å². The van der Waals surface area contributed by atoms with Crippen molar-refractivity contribution in [3.05, 3.63) is 29.8 Å². The van der Waals surface area contributed by atoms with Gasteiger partial charge in [0.25, 0.3) is 5.91 Å². The first kappa shape index (κ1) is 17.5. The monoisotopic (exact) mass is 318 g/mol. The van der Waals surface area contributed by atoms with Crippen molar-refractivity contribution >= 4 is 17.5 Å². The molecule has 5 heteroatoms. The van der Waals surface area contributed by atoms with Crippen molar-refractivity contribution in [3.63, 3.8) is 0 Å². The molecule has 126 valence electrons. The van der Waals surface area contributed by atoms with Gasteiger partial charge in [-0.15, -0.1) is 0 Å². The molecule has 1 saturated carbocycles. The molecule has 0 saturated heterocycles. The van der Waals surface area contributed by atoms with Gasteiger partial charge in [-0.05, 0) is 41.5 Å². The normalized spacial score (nSPS) is 18.3. The highest BCUT2D eigenvalue weighted by molar-refractivity contribution is 5.97. The summed E-state index contributed by atoms with van der Waals surface area (Å²) in [6.07, 6.45) is 0.535. The zero-order valence-corrected chi connectivity index (χ0v) is 14.3. The number of benzene rings is 1. The summed E-state index contributed by atoms with van der Waals surface area (Å²) < 4.78 is 0. The molecule has 2 rings (SSSR count). The minimum Gasteiger partial charge on any atom is -0.396 e. The molecule has 2 amide bonds. The summed E-state index contributed by atoms with van der Waals surface area (Å²) >= 11 is 0.